The van der Waals surface area contributed by atoms with E-state index in [-0.39, 0.29) is 18.2 Å². The second-order valence-corrected chi connectivity index (χ2v) is 10.2. The van der Waals surface area contributed by atoms with Gasteiger partial charge in [-0.05, 0) is 77.3 Å². The number of carboxylic acid groups (broad SMARTS) is 1. The maximum Gasteiger partial charge on any atom is 0.303 e. The molecule has 1 N–H and O–H groups in total. The Balaban J connectivity index is 1.55. The van der Waals surface area contributed by atoms with Crippen LogP contribution < -0.4 is 9.47 Å². The van der Waals surface area contributed by atoms with Crippen LogP contribution in [0.1, 0.15) is 74.5 Å². The molecule has 0 spiro atoms. The predicted octanol–water partition coefficient (Wildman–Crippen LogP) is 8.17. The molecule has 3 aromatic carbocycles. The quantitative estimate of drug-likeness (QED) is 0.286. The zero-order valence-electron chi connectivity index (χ0n) is 21.8. The van der Waals surface area contributed by atoms with Gasteiger partial charge in [-0.1, -0.05) is 69.4 Å². The van der Waals surface area contributed by atoms with Gasteiger partial charge < -0.3 is 14.6 Å². The van der Waals surface area contributed by atoms with E-state index in [0.29, 0.717) is 23.7 Å². The highest BCUT2D eigenvalue weighted by molar-refractivity contribution is 5.70. The normalized spacial score (nSPS) is 14.8. The van der Waals surface area contributed by atoms with Gasteiger partial charge in [-0.2, -0.15) is 0 Å². The molecular weight excluding hydrogens is 467 g/mol. The van der Waals surface area contributed by atoms with E-state index in [2.05, 4.69) is 6.07 Å². The van der Waals surface area contributed by atoms with Crippen molar-refractivity contribution in [3.8, 4) is 22.6 Å². The lowest BCUT2D eigenvalue weighted by Gasteiger charge is -2.22. The summed E-state index contributed by atoms with van der Waals surface area (Å²) in [5, 5.41) is 9.11. The van der Waals surface area contributed by atoms with Gasteiger partial charge in [0.1, 0.15) is 23.9 Å². The second-order valence-electron chi connectivity index (χ2n) is 10.2. The van der Waals surface area contributed by atoms with Gasteiger partial charge in [-0.25, -0.2) is 4.39 Å². The highest BCUT2D eigenvalue weighted by atomic mass is 19.1. The van der Waals surface area contributed by atoms with Crippen LogP contribution >= 0.6 is 0 Å². The maximum atomic E-state index is 14.9. The highest BCUT2D eigenvalue weighted by Gasteiger charge is 2.17. The molecule has 0 bridgehead atoms. The lowest BCUT2D eigenvalue weighted by atomic mass is 9.84. The fraction of sp³-hybridized carbons (Fsp3) is 0.406. The van der Waals surface area contributed by atoms with E-state index in [0.717, 1.165) is 41.0 Å². The molecule has 0 aromatic heterocycles. The molecule has 0 unspecified atom stereocenters. The van der Waals surface area contributed by atoms with Crippen LogP contribution in [0.2, 0.25) is 0 Å². The number of carbonyl (C=O) groups is 1. The van der Waals surface area contributed by atoms with Crippen molar-refractivity contribution >= 4 is 5.97 Å². The molecule has 0 heterocycles. The molecule has 4 nitrogen and oxygen atoms in total. The number of ether oxygens (including phenoxy) is 2. The summed E-state index contributed by atoms with van der Waals surface area (Å²) in [5.74, 6) is 0.917. The van der Waals surface area contributed by atoms with E-state index in [9.17, 15) is 9.18 Å². The van der Waals surface area contributed by atoms with E-state index in [4.69, 9.17) is 14.6 Å². The van der Waals surface area contributed by atoms with Gasteiger partial charge in [0.05, 0.1) is 13.5 Å². The number of benzene rings is 3. The van der Waals surface area contributed by atoms with Crippen molar-refractivity contribution in [3.63, 3.8) is 0 Å². The van der Waals surface area contributed by atoms with E-state index >= 15 is 0 Å². The number of hydrogen-bond donors (Lipinski definition) is 1. The molecule has 37 heavy (non-hydrogen) atoms. The van der Waals surface area contributed by atoms with Crippen LogP contribution in [0.5, 0.6) is 11.5 Å². The lowest BCUT2D eigenvalue weighted by Crippen LogP contribution is -2.08. The van der Waals surface area contributed by atoms with Crippen LogP contribution in [-0.4, -0.2) is 18.2 Å². The zero-order chi connectivity index (χ0) is 26.2. The highest BCUT2D eigenvalue weighted by Crippen LogP contribution is 2.34. The van der Waals surface area contributed by atoms with Crippen molar-refractivity contribution in [3.05, 3.63) is 83.2 Å². The second kappa shape index (κ2) is 12.8. The molecule has 1 aliphatic rings. The smallest absolute Gasteiger partial charge is 0.303 e. The summed E-state index contributed by atoms with van der Waals surface area (Å²) in [6, 6.07) is 18.7. The fourth-order valence-electron chi connectivity index (χ4n) is 5.34. The molecule has 0 saturated heterocycles. The SMILES string of the molecule is COc1ccc(F)c(-c2ccc(COc3cccc([C@@H](C)CC(=O)O)c3)cc2CCC2CCCCC2)c1. The van der Waals surface area contributed by atoms with Crippen LogP contribution in [0.15, 0.2) is 60.7 Å². The van der Waals surface area contributed by atoms with E-state index < -0.39 is 5.97 Å². The molecule has 0 aliphatic heterocycles. The van der Waals surface area contributed by atoms with Crippen molar-refractivity contribution in [1.82, 2.24) is 0 Å². The summed E-state index contributed by atoms with van der Waals surface area (Å²) < 4.78 is 26.4. The Kier molecular flexibility index (Phi) is 9.21. The van der Waals surface area contributed by atoms with Crippen LogP contribution in [0.4, 0.5) is 4.39 Å². The summed E-state index contributed by atoms with van der Waals surface area (Å²) >= 11 is 0. The lowest BCUT2D eigenvalue weighted by molar-refractivity contribution is -0.137. The largest absolute Gasteiger partial charge is 0.497 e. The van der Waals surface area contributed by atoms with Crippen molar-refractivity contribution in [2.75, 3.05) is 7.11 Å². The van der Waals surface area contributed by atoms with Crippen molar-refractivity contribution < 1.29 is 23.8 Å². The van der Waals surface area contributed by atoms with Gasteiger partial charge in [0.2, 0.25) is 0 Å². The minimum Gasteiger partial charge on any atom is -0.497 e. The number of rotatable bonds is 11. The first kappa shape index (κ1) is 26.7. The molecule has 1 fully saturated rings. The third-order valence-corrected chi connectivity index (χ3v) is 7.49. The number of aryl methyl sites for hydroxylation is 1. The van der Waals surface area contributed by atoms with Gasteiger partial charge in [-0.3, -0.25) is 4.79 Å². The number of hydrogen-bond acceptors (Lipinski definition) is 3. The van der Waals surface area contributed by atoms with Gasteiger partial charge in [-0.15, -0.1) is 0 Å². The molecule has 1 atom stereocenters. The first-order chi connectivity index (χ1) is 17.9. The monoisotopic (exact) mass is 504 g/mol. The van der Waals surface area contributed by atoms with Crippen LogP contribution in [0, 0.1) is 11.7 Å². The number of methoxy groups -OCH3 is 1. The number of carboxylic acids is 1. The topological polar surface area (TPSA) is 55.8 Å². The third kappa shape index (κ3) is 7.34. The predicted molar refractivity (Wildman–Crippen MR) is 145 cm³/mol. The van der Waals surface area contributed by atoms with Gasteiger partial charge in [0, 0.05) is 5.56 Å². The van der Waals surface area contributed by atoms with Gasteiger partial charge in [0.25, 0.3) is 0 Å². The Morgan fingerprint density at radius 3 is 2.57 bits per heavy atom. The summed E-state index contributed by atoms with van der Waals surface area (Å²) in [6.07, 6.45) is 8.58. The Morgan fingerprint density at radius 2 is 1.81 bits per heavy atom. The summed E-state index contributed by atoms with van der Waals surface area (Å²) in [7, 11) is 1.60. The van der Waals surface area contributed by atoms with Gasteiger partial charge >= 0.3 is 5.97 Å². The molecule has 0 amide bonds. The molecule has 4 rings (SSSR count). The Hall–Kier alpha value is -3.34. The van der Waals surface area contributed by atoms with Crippen LogP contribution in [-0.2, 0) is 17.8 Å². The standard InChI is InChI=1S/C32H37FO4/c1-22(17-32(34)35)25-9-6-10-28(19-25)37-21-24-12-15-29(30-20-27(36-2)14-16-31(30)33)26(18-24)13-11-23-7-4-3-5-8-23/h6,9-10,12,14-16,18-20,22-23H,3-5,7-8,11,13,17,21H2,1-2H3,(H,34,35)/t22-/m0/s1. The Bertz CT molecular complexity index is 1200. The van der Waals surface area contributed by atoms with Crippen LogP contribution in [0.25, 0.3) is 11.1 Å². The Morgan fingerprint density at radius 1 is 1.00 bits per heavy atom. The first-order valence-corrected chi connectivity index (χ1v) is 13.3. The minimum absolute atomic E-state index is 0.0795. The van der Waals surface area contributed by atoms with Crippen molar-refractivity contribution in [2.24, 2.45) is 5.92 Å². The van der Waals surface area contributed by atoms with E-state index in [1.54, 1.807) is 19.2 Å². The molecule has 1 saturated carbocycles. The third-order valence-electron chi connectivity index (χ3n) is 7.49. The average molecular weight is 505 g/mol. The Labute approximate surface area is 219 Å². The van der Waals surface area contributed by atoms with Crippen LogP contribution in [0.3, 0.4) is 0 Å². The summed E-state index contributed by atoms with van der Waals surface area (Å²) in [4.78, 5) is 11.1. The first-order valence-electron chi connectivity index (χ1n) is 13.3. The van der Waals surface area contributed by atoms with Crippen molar-refractivity contribution in [2.45, 2.75) is 70.8 Å². The molecule has 3 aromatic rings. The zero-order valence-corrected chi connectivity index (χ0v) is 21.8. The fourth-order valence-corrected chi connectivity index (χ4v) is 5.34. The molecule has 196 valence electrons. The van der Waals surface area contributed by atoms with Crippen molar-refractivity contribution in [1.29, 1.82) is 0 Å². The molecule has 5 heteroatoms. The molecular formula is C32H37FO4. The van der Waals surface area contributed by atoms with E-state index in [1.807, 2.05) is 43.3 Å². The summed E-state index contributed by atoms with van der Waals surface area (Å²) in [5.41, 5.74) is 4.56. The number of halogens is 1. The average Bonchev–Trinajstić information content (AvgIpc) is 2.91. The van der Waals surface area contributed by atoms with Gasteiger partial charge in [0.15, 0.2) is 0 Å². The van der Waals surface area contributed by atoms with E-state index in [1.165, 1.54) is 38.2 Å². The number of aliphatic carboxylic acids is 1. The maximum absolute atomic E-state index is 14.9. The minimum atomic E-state index is -0.813. The molecule has 0 radical (unpaired) electrons. The molecule has 1 aliphatic carbocycles. The summed E-state index contributed by atoms with van der Waals surface area (Å²) in [6.45, 7) is 2.29.